The van der Waals surface area contributed by atoms with Crippen LogP contribution in [0, 0.1) is 0 Å². The zero-order chi connectivity index (χ0) is 53.9. The third kappa shape index (κ3) is 31.0. The second kappa shape index (κ2) is 45.4. The second-order valence-electron chi connectivity index (χ2n) is 20.4. The van der Waals surface area contributed by atoms with Crippen molar-refractivity contribution in [3.05, 3.63) is 72.9 Å². The van der Waals surface area contributed by atoms with Crippen molar-refractivity contribution in [2.45, 2.75) is 280 Å². The standard InChI is InChI=1S/C60H105NO13/c1-3-5-7-9-11-13-15-17-19-21-22-23-24-25-26-28-29-31-33-35-37-39-41-43-49(64)48(61-52(65)44-42-40-38-36-34-32-30-27-20-18-16-14-12-10-8-6-4-2)47-71-59-57(70)55(68)58(51(46-63)73-59)74-60-56(69)54(67)53(66)50(45-62)72-60/h6,8,12,14,18,20,30,32-33,35,41,43,48-51,53-60,62-64,66-70H,3-5,7,9-11,13,15-17,19,21-29,31,34,36-40,42,44-47H2,1-2H3,(H,61,65)/b8-6-,14-12-,20-18-,32-30-,35-33+,43-41+. The minimum Gasteiger partial charge on any atom is -0.394 e. The average molecular weight is 1050 g/mol. The van der Waals surface area contributed by atoms with E-state index >= 15 is 0 Å². The summed E-state index contributed by atoms with van der Waals surface area (Å²) in [5.41, 5.74) is 0. The van der Waals surface area contributed by atoms with Crippen molar-refractivity contribution < 1.29 is 64.6 Å². The van der Waals surface area contributed by atoms with Crippen LogP contribution in [0.1, 0.15) is 206 Å². The fourth-order valence-electron chi connectivity index (χ4n) is 9.18. The number of carbonyl (C=O) groups excluding carboxylic acids is 1. The van der Waals surface area contributed by atoms with Gasteiger partial charge in [-0.15, -0.1) is 0 Å². The Morgan fingerprint density at radius 3 is 1.49 bits per heavy atom. The van der Waals surface area contributed by atoms with Gasteiger partial charge in [0.1, 0.15) is 48.8 Å². The van der Waals surface area contributed by atoms with Crippen molar-refractivity contribution in [2.24, 2.45) is 0 Å². The molecule has 0 saturated carbocycles. The first-order valence-corrected chi connectivity index (χ1v) is 29.2. The lowest BCUT2D eigenvalue weighted by Crippen LogP contribution is -2.65. The van der Waals surface area contributed by atoms with Crippen molar-refractivity contribution in [1.29, 1.82) is 0 Å². The molecule has 74 heavy (non-hydrogen) atoms. The Labute approximate surface area is 447 Å². The molecule has 0 bridgehead atoms. The molecule has 2 fully saturated rings. The van der Waals surface area contributed by atoms with E-state index in [1.807, 2.05) is 6.08 Å². The summed E-state index contributed by atoms with van der Waals surface area (Å²) >= 11 is 0. The van der Waals surface area contributed by atoms with Crippen LogP contribution in [0.5, 0.6) is 0 Å². The van der Waals surface area contributed by atoms with Crippen LogP contribution in [-0.4, -0.2) is 140 Å². The summed E-state index contributed by atoms with van der Waals surface area (Å²) in [4.78, 5) is 13.2. The van der Waals surface area contributed by atoms with Crippen LogP contribution in [-0.2, 0) is 23.7 Å². The molecule has 2 saturated heterocycles. The van der Waals surface area contributed by atoms with E-state index < -0.39 is 86.8 Å². The van der Waals surface area contributed by atoms with E-state index in [1.54, 1.807) is 6.08 Å². The molecule has 0 aromatic rings. The largest absolute Gasteiger partial charge is 0.394 e. The lowest BCUT2D eigenvalue weighted by Gasteiger charge is -2.46. The van der Waals surface area contributed by atoms with Gasteiger partial charge in [0.05, 0.1) is 32.0 Å². The zero-order valence-electron chi connectivity index (χ0n) is 45.8. The minimum atomic E-state index is -1.80. The molecule has 2 rings (SSSR count). The van der Waals surface area contributed by atoms with Gasteiger partial charge in [0.2, 0.25) is 5.91 Å². The highest BCUT2D eigenvalue weighted by Crippen LogP contribution is 2.30. The maximum Gasteiger partial charge on any atom is 0.220 e. The van der Waals surface area contributed by atoms with E-state index in [-0.39, 0.29) is 18.9 Å². The molecule has 2 heterocycles. The van der Waals surface area contributed by atoms with E-state index in [2.05, 4.69) is 79.9 Å². The molecule has 12 atom stereocenters. The first-order valence-electron chi connectivity index (χ1n) is 29.2. The van der Waals surface area contributed by atoms with E-state index in [9.17, 15) is 45.6 Å². The van der Waals surface area contributed by atoms with Crippen molar-refractivity contribution >= 4 is 5.91 Å². The fourth-order valence-corrected chi connectivity index (χ4v) is 9.18. The number of unbranched alkanes of at least 4 members (excludes halogenated alkanes) is 22. The quantitative estimate of drug-likeness (QED) is 0.0205. The van der Waals surface area contributed by atoms with Gasteiger partial charge in [-0.05, 0) is 70.6 Å². The molecule has 1 amide bonds. The van der Waals surface area contributed by atoms with Crippen molar-refractivity contribution in [3.8, 4) is 0 Å². The van der Waals surface area contributed by atoms with Crippen LogP contribution in [0.25, 0.3) is 0 Å². The Morgan fingerprint density at radius 2 is 0.946 bits per heavy atom. The van der Waals surface area contributed by atoms with Crippen molar-refractivity contribution in [3.63, 3.8) is 0 Å². The number of ether oxygens (including phenoxy) is 4. The summed E-state index contributed by atoms with van der Waals surface area (Å²) in [6.07, 6.45) is 42.3. The lowest BCUT2D eigenvalue weighted by molar-refractivity contribution is -0.359. The topological polar surface area (TPSA) is 228 Å². The van der Waals surface area contributed by atoms with Gasteiger partial charge in [-0.2, -0.15) is 0 Å². The Hall–Kier alpha value is -2.57. The number of carbonyl (C=O) groups is 1. The molecule has 0 aliphatic carbocycles. The molecule has 428 valence electrons. The molecule has 0 aromatic carbocycles. The van der Waals surface area contributed by atoms with Gasteiger partial charge in [-0.25, -0.2) is 0 Å². The summed E-state index contributed by atoms with van der Waals surface area (Å²) < 4.78 is 22.7. The first-order chi connectivity index (χ1) is 36.1. The highest BCUT2D eigenvalue weighted by atomic mass is 16.7. The predicted molar refractivity (Wildman–Crippen MR) is 295 cm³/mol. The summed E-state index contributed by atoms with van der Waals surface area (Å²) in [6, 6.07) is -0.948. The molecular weight excluding hydrogens is 943 g/mol. The average Bonchev–Trinajstić information content (AvgIpc) is 3.40. The number of hydrogen-bond donors (Lipinski definition) is 9. The molecular formula is C60H105NO13. The van der Waals surface area contributed by atoms with Crippen LogP contribution in [0.4, 0.5) is 0 Å². The molecule has 2 aliphatic rings. The normalized spacial score (nSPS) is 25.8. The number of rotatable bonds is 45. The van der Waals surface area contributed by atoms with E-state index in [0.29, 0.717) is 12.8 Å². The molecule has 12 unspecified atom stereocenters. The van der Waals surface area contributed by atoms with Gasteiger partial charge in [-0.1, -0.05) is 202 Å². The Balaban J connectivity index is 1.81. The Kier molecular flexibility index (Phi) is 41.5. The molecule has 2 aliphatic heterocycles. The maximum atomic E-state index is 13.2. The van der Waals surface area contributed by atoms with E-state index in [1.165, 1.54) is 109 Å². The number of amides is 1. The zero-order valence-corrected chi connectivity index (χ0v) is 45.8. The van der Waals surface area contributed by atoms with Crippen molar-refractivity contribution in [2.75, 3.05) is 19.8 Å². The van der Waals surface area contributed by atoms with Crippen LogP contribution < -0.4 is 5.32 Å². The summed E-state index contributed by atoms with van der Waals surface area (Å²) in [5.74, 6) is -0.274. The molecule has 0 aromatic heterocycles. The van der Waals surface area contributed by atoms with Crippen LogP contribution in [0.2, 0.25) is 0 Å². The second-order valence-corrected chi connectivity index (χ2v) is 20.4. The number of aliphatic hydroxyl groups is 8. The predicted octanol–water partition coefficient (Wildman–Crippen LogP) is 9.55. The van der Waals surface area contributed by atoms with E-state index in [0.717, 1.165) is 64.2 Å². The fraction of sp³-hybridized carbons (Fsp3) is 0.783. The van der Waals surface area contributed by atoms with Crippen LogP contribution in [0.15, 0.2) is 72.9 Å². The third-order valence-corrected chi connectivity index (χ3v) is 13.9. The van der Waals surface area contributed by atoms with Crippen LogP contribution >= 0.6 is 0 Å². The summed E-state index contributed by atoms with van der Waals surface area (Å²) in [7, 11) is 0. The number of aliphatic hydroxyl groups excluding tert-OH is 8. The lowest BCUT2D eigenvalue weighted by atomic mass is 9.97. The Morgan fingerprint density at radius 1 is 0.500 bits per heavy atom. The highest BCUT2D eigenvalue weighted by molar-refractivity contribution is 5.76. The van der Waals surface area contributed by atoms with Gasteiger partial charge in [0, 0.05) is 6.42 Å². The van der Waals surface area contributed by atoms with Crippen LogP contribution in [0.3, 0.4) is 0 Å². The molecule has 0 radical (unpaired) electrons. The summed E-state index contributed by atoms with van der Waals surface area (Å²) in [5, 5.41) is 87.0. The number of hydrogen-bond acceptors (Lipinski definition) is 13. The Bertz CT molecular complexity index is 1520. The maximum absolute atomic E-state index is 13.2. The molecule has 9 N–H and O–H groups in total. The minimum absolute atomic E-state index is 0.242. The molecule has 14 heteroatoms. The van der Waals surface area contributed by atoms with E-state index in [4.69, 9.17) is 18.9 Å². The van der Waals surface area contributed by atoms with Gasteiger partial charge < -0.3 is 65.1 Å². The van der Waals surface area contributed by atoms with Gasteiger partial charge in [0.15, 0.2) is 12.6 Å². The molecule has 0 spiro atoms. The van der Waals surface area contributed by atoms with Gasteiger partial charge in [-0.3, -0.25) is 4.79 Å². The molecule has 14 nitrogen and oxygen atoms in total. The smallest absolute Gasteiger partial charge is 0.220 e. The van der Waals surface area contributed by atoms with Gasteiger partial charge >= 0.3 is 0 Å². The monoisotopic (exact) mass is 1050 g/mol. The summed E-state index contributed by atoms with van der Waals surface area (Å²) in [6.45, 7) is 2.65. The van der Waals surface area contributed by atoms with Crippen molar-refractivity contribution in [1.82, 2.24) is 5.32 Å². The SMILES string of the molecule is CC/C=C\C/C=C\C/C=C\C/C=C\CCCCCCC(=O)NC(COC1OC(CO)C(OC2OC(CO)C(O)C(O)C2O)C(O)C1O)C(O)/C=C/CC/C=C/CCCCCCCCCCCCCCCCCCC. The van der Waals surface area contributed by atoms with Gasteiger partial charge in [0.25, 0.3) is 0 Å². The number of allylic oxidation sites excluding steroid dienone is 11. The number of nitrogens with one attached hydrogen (secondary N) is 1. The highest BCUT2D eigenvalue weighted by Gasteiger charge is 2.51. The first kappa shape index (κ1) is 67.5. The third-order valence-electron chi connectivity index (χ3n) is 13.9.